The molecule has 0 bridgehead atoms. The van der Waals surface area contributed by atoms with Gasteiger partial charge in [-0.1, -0.05) is 36.4 Å². The van der Waals surface area contributed by atoms with E-state index < -0.39 is 0 Å². The van der Waals surface area contributed by atoms with E-state index in [9.17, 15) is 5.11 Å². The van der Waals surface area contributed by atoms with E-state index in [0.29, 0.717) is 5.75 Å². The summed E-state index contributed by atoms with van der Waals surface area (Å²) in [5.41, 5.74) is 4.73. The molecule has 1 heteroatoms. The molecule has 1 nitrogen and oxygen atoms in total. The summed E-state index contributed by atoms with van der Waals surface area (Å²) in [6.45, 7) is 4.06. The first-order chi connectivity index (χ1) is 7.68. The molecule has 0 aliphatic heterocycles. The molecule has 0 saturated heterocycles. The molecule has 0 aromatic heterocycles. The zero-order chi connectivity index (χ0) is 11.5. The van der Waals surface area contributed by atoms with Crippen molar-refractivity contribution < 1.29 is 5.11 Å². The van der Waals surface area contributed by atoms with Crippen molar-refractivity contribution >= 4 is 0 Å². The molecule has 82 valence electrons. The third-order valence-corrected chi connectivity index (χ3v) is 3.03. The van der Waals surface area contributed by atoms with Crippen LogP contribution in [0.25, 0.3) is 0 Å². The summed E-state index contributed by atoms with van der Waals surface area (Å²) in [4.78, 5) is 0. The van der Waals surface area contributed by atoms with Crippen LogP contribution in [0, 0.1) is 13.8 Å². The van der Waals surface area contributed by atoms with Gasteiger partial charge in [-0.25, -0.2) is 0 Å². The highest BCUT2D eigenvalue weighted by molar-refractivity contribution is 5.45. The molecule has 0 spiro atoms. The lowest BCUT2D eigenvalue weighted by Gasteiger charge is -2.11. The average molecular weight is 212 g/mol. The lowest BCUT2D eigenvalue weighted by atomic mass is 9.95. The van der Waals surface area contributed by atoms with E-state index in [2.05, 4.69) is 19.1 Å². The predicted octanol–water partition coefficient (Wildman–Crippen LogP) is 3.60. The zero-order valence-electron chi connectivity index (χ0n) is 9.70. The molecule has 16 heavy (non-hydrogen) atoms. The van der Waals surface area contributed by atoms with Crippen molar-refractivity contribution in [2.45, 2.75) is 20.3 Å². The zero-order valence-corrected chi connectivity index (χ0v) is 9.70. The largest absolute Gasteiger partial charge is 0.508 e. The van der Waals surface area contributed by atoms with Crippen molar-refractivity contribution in [3.63, 3.8) is 0 Å². The quantitative estimate of drug-likeness (QED) is 0.806. The SMILES string of the molecule is Cc1ccc(O)c(C)c1Cc1ccccc1. The Balaban J connectivity index is 2.38. The van der Waals surface area contributed by atoms with E-state index in [-0.39, 0.29) is 0 Å². The van der Waals surface area contributed by atoms with E-state index in [4.69, 9.17) is 0 Å². The van der Waals surface area contributed by atoms with E-state index in [0.717, 1.165) is 12.0 Å². The van der Waals surface area contributed by atoms with Crippen molar-refractivity contribution in [2.75, 3.05) is 0 Å². The standard InChI is InChI=1S/C15H16O/c1-11-8-9-15(16)12(2)14(11)10-13-6-4-3-5-7-13/h3-9,16H,10H2,1-2H3. The van der Waals surface area contributed by atoms with Gasteiger partial charge < -0.3 is 5.11 Å². The molecule has 0 atom stereocenters. The summed E-state index contributed by atoms with van der Waals surface area (Å²) in [5.74, 6) is 0.386. The molecule has 0 saturated carbocycles. The highest BCUT2D eigenvalue weighted by Gasteiger charge is 2.07. The third-order valence-electron chi connectivity index (χ3n) is 3.03. The van der Waals surface area contributed by atoms with Crippen molar-refractivity contribution in [1.29, 1.82) is 0 Å². The number of phenolic OH excluding ortho intramolecular Hbond substituents is 1. The fraction of sp³-hybridized carbons (Fsp3) is 0.200. The van der Waals surface area contributed by atoms with Gasteiger partial charge in [0.1, 0.15) is 5.75 Å². The Hall–Kier alpha value is -1.76. The monoisotopic (exact) mass is 212 g/mol. The van der Waals surface area contributed by atoms with Gasteiger partial charge in [-0.3, -0.25) is 0 Å². The number of aryl methyl sites for hydroxylation is 1. The van der Waals surface area contributed by atoms with Gasteiger partial charge in [0.2, 0.25) is 0 Å². The Morgan fingerprint density at radius 1 is 0.938 bits per heavy atom. The van der Waals surface area contributed by atoms with E-state index in [1.165, 1.54) is 16.7 Å². The predicted molar refractivity (Wildman–Crippen MR) is 66.8 cm³/mol. The maximum Gasteiger partial charge on any atom is 0.118 e. The van der Waals surface area contributed by atoms with Gasteiger partial charge in [0.05, 0.1) is 0 Å². The van der Waals surface area contributed by atoms with Crippen LogP contribution in [0.3, 0.4) is 0 Å². The summed E-state index contributed by atoms with van der Waals surface area (Å²) in [7, 11) is 0. The fourth-order valence-electron chi connectivity index (χ4n) is 1.95. The van der Waals surface area contributed by atoms with E-state index >= 15 is 0 Å². The Morgan fingerprint density at radius 3 is 2.31 bits per heavy atom. The minimum Gasteiger partial charge on any atom is -0.508 e. The van der Waals surface area contributed by atoms with Crippen LogP contribution < -0.4 is 0 Å². The first-order valence-electron chi connectivity index (χ1n) is 5.50. The second-order valence-corrected chi connectivity index (χ2v) is 4.17. The second-order valence-electron chi connectivity index (χ2n) is 4.17. The van der Waals surface area contributed by atoms with Crippen molar-refractivity contribution in [3.8, 4) is 5.75 Å². The second kappa shape index (κ2) is 4.40. The molecule has 0 amide bonds. The number of hydrogen-bond donors (Lipinski definition) is 1. The Bertz CT molecular complexity index is 486. The molecule has 2 aromatic rings. The minimum atomic E-state index is 0.386. The molecular weight excluding hydrogens is 196 g/mol. The summed E-state index contributed by atoms with van der Waals surface area (Å²) >= 11 is 0. The maximum atomic E-state index is 9.70. The lowest BCUT2D eigenvalue weighted by molar-refractivity contribution is 0.470. The van der Waals surface area contributed by atoms with E-state index in [1.54, 1.807) is 6.07 Å². The summed E-state index contributed by atoms with van der Waals surface area (Å²) in [5, 5.41) is 9.70. The first-order valence-corrected chi connectivity index (χ1v) is 5.50. The van der Waals surface area contributed by atoms with Crippen LogP contribution in [-0.4, -0.2) is 5.11 Å². The number of phenols is 1. The van der Waals surface area contributed by atoms with E-state index in [1.807, 2.05) is 31.2 Å². The van der Waals surface area contributed by atoms with Crippen LogP contribution in [-0.2, 0) is 6.42 Å². The Kier molecular flexibility index (Phi) is 2.95. The highest BCUT2D eigenvalue weighted by Crippen LogP contribution is 2.25. The summed E-state index contributed by atoms with van der Waals surface area (Å²) in [6.07, 6.45) is 0.882. The Morgan fingerprint density at radius 2 is 1.62 bits per heavy atom. The Labute approximate surface area is 96.4 Å². The normalized spacial score (nSPS) is 10.4. The topological polar surface area (TPSA) is 20.2 Å². The fourth-order valence-corrected chi connectivity index (χ4v) is 1.95. The molecule has 0 aliphatic carbocycles. The highest BCUT2D eigenvalue weighted by atomic mass is 16.3. The molecule has 2 aromatic carbocycles. The molecule has 0 fully saturated rings. The summed E-state index contributed by atoms with van der Waals surface area (Å²) < 4.78 is 0. The molecule has 1 N–H and O–H groups in total. The maximum absolute atomic E-state index is 9.70. The molecule has 0 radical (unpaired) electrons. The van der Waals surface area contributed by atoms with Crippen LogP contribution in [0.2, 0.25) is 0 Å². The van der Waals surface area contributed by atoms with Gasteiger partial charge in [-0.2, -0.15) is 0 Å². The van der Waals surface area contributed by atoms with Crippen LogP contribution >= 0.6 is 0 Å². The van der Waals surface area contributed by atoms with Crippen LogP contribution in [0.15, 0.2) is 42.5 Å². The molecule has 0 heterocycles. The minimum absolute atomic E-state index is 0.386. The van der Waals surface area contributed by atoms with Crippen molar-refractivity contribution in [1.82, 2.24) is 0 Å². The molecular formula is C15H16O. The summed E-state index contributed by atoms with van der Waals surface area (Å²) in [6, 6.07) is 14.1. The smallest absolute Gasteiger partial charge is 0.118 e. The van der Waals surface area contributed by atoms with Crippen molar-refractivity contribution in [3.05, 3.63) is 64.7 Å². The third kappa shape index (κ3) is 2.08. The molecule has 0 aliphatic rings. The van der Waals surface area contributed by atoms with Gasteiger partial charge in [0.25, 0.3) is 0 Å². The number of hydrogen-bond acceptors (Lipinski definition) is 1. The van der Waals surface area contributed by atoms with Gasteiger partial charge in [-0.15, -0.1) is 0 Å². The van der Waals surface area contributed by atoms with Gasteiger partial charge >= 0.3 is 0 Å². The number of aromatic hydroxyl groups is 1. The molecule has 0 unspecified atom stereocenters. The number of rotatable bonds is 2. The van der Waals surface area contributed by atoms with Gasteiger partial charge in [0, 0.05) is 0 Å². The average Bonchev–Trinajstić information content (AvgIpc) is 2.31. The van der Waals surface area contributed by atoms with Gasteiger partial charge in [0.15, 0.2) is 0 Å². The van der Waals surface area contributed by atoms with Gasteiger partial charge in [-0.05, 0) is 48.6 Å². The van der Waals surface area contributed by atoms with Crippen LogP contribution in [0.5, 0.6) is 5.75 Å². The van der Waals surface area contributed by atoms with Crippen LogP contribution in [0.1, 0.15) is 22.3 Å². The van der Waals surface area contributed by atoms with Crippen molar-refractivity contribution in [2.24, 2.45) is 0 Å². The molecule has 2 rings (SSSR count). The first kappa shape index (κ1) is 10.7. The lowest BCUT2D eigenvalue weighted by Crippen LogP contribution is -1.95. The number of benzene rings is 2. The van der Waals surface area contributed by atoms with Crippen LogP contribution in [0.4, 0.5) is 0 Å².